The Morgan fingerprint density at radius 2 is 2.55 bits per heavy atom. The van der Waals surface area contributed by atoms with Crippen LogP contribution in [0.1, 0.15) is 26.2 Å². The molecular weight excluding hydrogens is 140 g/mol. The lowest BCUT2D eigenvalue weighted by atomic mass is 9.98. The van der Waals surface area contributed by atoms with Crippen LogP contribution >= 0.6 is 0 Å². The van der Waals surface area contributed by atoms with Crippen molar-refractivity contribution in [2.45, 2.75) is 31.8 Å². The van der Waals surface area contributed by atoms with Crippen molar-refractivity contribution in [3.05, 3.63) is 0 Å². The minimum absolute atomic E-state index is 0.549. The van der Waals surface area contributed by atoms with Gasteiger partial charge in [0.1, 0.15) is 5.60 Å². The second kappa shape index (κ2) is 3.54. The Bertz CT molecular complexity index is 191. The van der Waals surface area contributed by atoms with E-state index >= 15 is 0 Å². The number of aldehydes is 1. The molecule has 0 bridgehead atoms. The molecule has 0 aromatic carbocycles. The van der Waals surface area contributed by atoms with Crippen LogP contribution in [0.3, 0.4) is 0 Å². The molecular formula is C9H12O2. The van der Waals surface area contributed by atoms with Gasteiger partial charge in [0.25, 0.3) is 0 Å². The van der Waals surface area contributed by atoms with Crippen LogP contribution in [0.5, 0.6) is 0 Å². The van der Waals surface area contributed by atoms with Gasteiger partial charge in [-0.1, -0.05) is 0 Å². The van der Waals surface area contributed by atoms with Gasteiger partial charge in [-0.05, 0) is 19.8 Å². The summed E-state index contributed by atoms with van der Waals surface area (Å²) in [7, 11) is 0. The number of rotatable bonds is 2. The van der Waals surface area contributed by atoms with Crippen LogP contribution in [0.15, 0.2) is 0 Å². The molecule has 0 saturated carbocycles. The second-order valence-corrected chi connectivity index (χ2v) is 2.74. The summed E-state index contributed by atoms with van der Waals surface area (Å²) >= 11 is 0. The second-order valence-electron chi connectivity index (χ2n) is 2.74. The molecule has 1 rings (SSSR count). The maximum Gasteiger partial charge on any atom is 0.152 e. The van der Waals surface area contributed by atoms with Crippen LogP contribution in [-0.2, 0) is 9.53 Å². The summed E-state index contributed by atoms with van der Waals surface area (Å²) in [6, 6.07) is 0. The van der Waals surface area contributed by atoms with E-state index in [0.717, 1.165) is 19.1 Å². The van der Waals surface area contributed by atoms with Crippen molar-refractivity contribution in [2.24, 2.45) is 0 Å². The fourth-order valence-electron chi connectivity index (χ4n) is 1.23. The average molecular weight is 152 g/mol. The average Bonchev–Trinajstić information content (AvgIpc) is 2.50. The van der Waals surface area contributed by atoms with Crippen LogP contribution in [0.25, 0.3) is 0 Å². The summed E-state index contributed by atoms with van der Waals surface area (Å²) in [6.07, 6.45) is 3.24. The first kappa shape index (κ1) is 8.29. The zero-order chi connectivity index (χ0) is 8.16. The predicted octanol–water partition coefficient (Wildman–Crippen LogP) is 1.15. The number of carbonyl (C=O) groups is 1. The Balaban J connectivity index is 2.56. The van der Waals surface area contributed by atoms with Gasteiger partial charge in [0.15, 0.2) is 6.29 Å². The Hall–Kier alpha value is -0.810. The summed E-state index contributed by atoms with van der Waals surface area (Å²) < 4.78 is 5.32. The van der Waals surface area contributed by atoms with Crippen molar-refractivity contribution in [3.63, 3.8) is 0 Å². The van der Waals surface area contributed by atoms with E-state index in [9.17, 15) is 4.79 Å². The summed E-state index contributed by atoms with van der Waals surface area (Å²) in [5, 5.41) is 0. The van der Waals surface area contributed by atoms with E-state index in [4.69, 9.17) is 4.74 Å². The van der Waals surface area contributed by atoms with Crippen molar-refractivity contribution >= 4 is 6.29 Å². The molecule has 0 amide bonds. The minimum Gasteiger partial charge on any atom is -0.367 e. The van der Waals surface area contributed by atoms with Gasteiger partial charge >= 0.3 is 0 Å². The Kier molecular flexibility index (Phi) is 2.67. The monoisotopic (exact) mass is 152 g/mol. The predicted molar refractivity (Wildman–Crippen MR) is 42.0 cm³/mol. The van der Waals surface area contributed by atoms with Crippen LogP contribution in [0.4, 0.5) is 0 Å². The zero-order valence-electron chi connectivity index (χ0n) is 6.72. The standard InChI is InChI=1S/C9H12O2/c1-2-3-5-9(8-10)6-4-7-11-9/h8H,4-7H2,1H3. The van der Waals surface area contributed by atoms with Crippen LogP contribution in [0, 0.1) is 11.8 Å². The fourth-order valence-corrected chi connectivity index (χ4v) is 1.23. The molecule has 0 aliphatic carbocycles. The third-order valence-corrected chi connectivity index (χ3v) is 1.91. The van der Waals surface area contributed by atoms with Crippen molar-refractivity contribution in [1.82, 2.24) is 0 Å². The van der Waals surface area contributed by atoms with E-state index in [1.165, 1.54) is 0 Å². The summed E-state index contributed by atoms with van der Waals surface area (Å²) in [5.74, 6) is 5.64. The van der Waals surface area contributed by atoms with E-state index in [1.807, 2.05) is 0 Å². The first-order chi connectivity index (χ1) is 5.33. The van der Waals surface area contributed by atoms with Crippen molar-refractivity contribution in [1.29, 1.82) is 0 Å². The highest BCUT2D eigenvalue weighted by molar-refractivity contribution is 5.63. The van der Waals surface area contributed by atoms with Gasteiger partial charge in [-0.25, -0.2) is 0 Å². The van der Waals surface area contributed by atoms with E-state index in [-0.39, 0.29) is 0 Å². The normalized spacial score (nSPS) is 29.2. The summed E-state index contributed by atoms with van der Waals surface area (Å²) in [6.45, 7) is 2.47. The maximum atomic E-state index is 10.6. The van der Waals surface area contributed by atoms with Gasteiger partial charge in [-0.15, -0.1) is 11.8 Å². The van der Waals surface area contributed by atoms with Crippen molar-refractivity contribution in [2.75, 3.05) is 6.61 Å². The highest BCUT2D eigenvalue weighted by atomic mass is 16.5. The molecule has 1 saturated heterocycles. The lowest BCUT2D eigenvalue weighted by Gasteiger charge is -2.17. The van der Waals surface area contributed by atoms with E-state index in [0.29, 0.717) is 13.0 Å². The molecule has 1 atom stereocenters. The lowest BCUT2D eigenvalue weighted by molar-refractivity contribution is -0.125. The summed E-state index contributed by atoms with van der Waals surface area (Å²) in [4.78, 5) is 10.6. The van der Waals surface area contributed by atoms with Gasteiger partial charge in [-0.2, -0.15) is 0 Å². The van der Waals surface area contributed by atoms with E-state index in [1.54, 1.807) is 6.92 Å². The molecule has 0 radical (unpaired) electrons. The Morgan fingerprint density at radius 3 is 3.00 bits per heavy atom. The van der Waals surface area contributed by atoms with Gasteiger partial charge in [-0.3, -0.25) is 0 Å². The molecule has 11 heavy (non-hydrogen) atoms. The Labute approximate surface area is 66.9 Å². The zero-order valence-corrected chi connectivity index (χ0v) is 6.72. The molecule has 0 N–H and O–H groups in total. The highest BCUT2D eigenvalue weighted by Crippen LogP contribution is 2.26. The molecule has 1 heterocycles. The van der Waals surface area contributed by atoms with Gasteiger partial charge in [0, 0.05) is 13.0 Å². The van der Waals surface area contributed by atoms with Gasteiger partial charge in [0.05, 0.1) is 0 Å². The molecule has 0 aromatic rings. The molecule has 0 spiro atoms. The first-order valence-corrected chi connectivity index (χ1v) is 3.83. The van der Waals surface area contributed by atoms with Crippen molar-refractivity contribution < 1.29 is 9.53 Å². The molecule has 0 aromatic heterocycles. The highest BCUT2D eigenvalue weighted by Gasteiger charge is 2.33. The molecule has 1 aliphatic heterocycles. The number of carbonyl (C=O) groups excluding carboxylic acids is 1. The molecule has 60 valence electrons. The molecule has 1 fully saturated rings. The number of hydrogen-bond donors (Lipinski definition) is 0. The third-order valence-electron chi connectivity index (χ3n) is 1.91. The molecule has 2 heteroatoms. The SMILES string of the molecule is CC#CCC1(C=O)CCCO1. The Morgan fingerprint density at radius 1 is 1.73 bits per heavy atom. The minimum atomic E-state index is -0.566. The first-order valence-electron chi connectivity index (χ1n) is 3.83. The molecule has 2 nitrogen and oxygen atoms in total. The van der Waals surface area contributed by atoms with Crippen molar-refractivity contribution in [3.8, 4) is 11.8 Å². The largest absolute Gasteiger partial charge is 0.367 e. The lowest BCUT2D eigenvalue weighted by Crippen LogP contribution is -2.28. The number of ether oxygens (including phenoxy) is 1. The number of hydrogen-bond acceptors (Lipinski definition) is 2. The van der Waals surface area contributed by atoms with Gasteiger partial charge < -0.3 is 9.53 Å². The quantitative estimate of drug-likeness (QED) is 0.438. The van der Waals surface area contributed by atoms with Crippen LogP contribution in [-0.4, -0.2) is 18.5 Å². The summed E-state index contributed by atoms with van der Waals surface area (Å²) in [5.41, 5.74) is -0.566. The fraction of sp³-hybridized carbons (Fsp3) is 0.667. The van der Waals surface area contributed by atoms with Crippen LogP contribution < -0.4 is 0 Å². The van der Waals surface area contributed by atoms with E-state index in [2.05, 4.69) is 11.8 Å². The third kappa shape index (κ3) is 1.81. The molecule has 1 unspecified atom stereocenters. The van der Waals surface area contributed by atoms with Gasteiger partial charge in [0.2, 0.25) is 0 Å². The smallest absolute Gasteiger partial charge is 0.152 e. The maximum absolute atomic E-state index is 10.6. The molecule has 1 aliphatic rings. The van der Waals surface area contributed by atoms with E-state index < -0.39 is 5.60 Å². The topological polar surface area (TPSA) is 26.3 Å². The van der Waals surface area contributed by atoms with Crippen LogP contribution in [0.2, 0.25) is 0 Å².